The molecule has 0 saturated heterocycles. The summed E-state index contributed by atoms with van der Waals surface area (Å²) in [6.45, 7) is 5.08. The second-order valence-corrected chi connectivity index (χ2v) is 7.80. The standard InChI is InChI=1S/C21H22FN5O4/c1-21(2)20-25-16(18(29)24-11-13-3-5-14(22)6-4-13)17(28)19(30)27(20)9-8-26(21)12-15-23-7-10-31-15/h3-7,10,28H,8-9,11-12H2,1-2H3,(H,24,29). The maximum absolute atomic E-state index is 13.1. The van der Waals surface area contributed by atoms with Crippen molar-refractivity contribution in [3.63, 3.8) is 0 Å². The van der Waals surface area contributed by atoms with Gasteiger partial charge < -0.3 is 14.8 Å². The molecule has 162 valence electrons. The second kappa shape index (κ2) is 7.95. The van der Waals surface area contributed by atoms with Gasteiger partial charge in [0, 0.05) is 19.6 Å². The van der Waals surface area contributed by atoms with E-state index in [0.29, 0.717) is 36.9 Å². The Balaban J connectivity index is 1.62. The van der Waals surface area contributed by atoms with E-state index in [1.807, 2.05) is 18.7 Å². The smallest absolute Gasteiger partial charge is 0.296 e. The summed E-state index contributed by atoms with van der Waals surface area (Å²) in [5, 5.41) is 13.0. The molecular weight excluding hydrogens is 405 g/mol. The second-order valence-electron chi connectivity index (χ2n) is 7.80. The molecule has 0 spiro atoms. The third-order valence-electron chi connectivity index (χ3n) is 5.47. The summed E-state index contributed by atoms with van der Waals surface area (Å²) in [7, 11) is 0. The number of benzene rings is 1. The van der Waals surface area contributed by atoms with Crippen molar-refractivity contribution in [1.82, 2.24) is 24.8 Å². The lowest BCUT2D eigenvalue weighted by atomic mass is 9.98. The first-order valence-electron chi connectivity index (χ1n) is 9.77. The fourth-order valence-corrected chi connectivity index (χ4v) is 3.66. The Labute approximate surface area is 177 Å². The zero-order valence-electron chi connectivity index (χ0n) is 17.1. The van der Waals surface area contributed by atoms with Gasteiger partial charge in [0.05, 0.1) is 18.3 Å². The van der Waals surface area contributed by atoms with Crippen molar-refractivity contribution in [2.24, 2.45) is 0 Å². The number of nitrogens with zero attached hydrogens (tertiary/aromatic N) is 4. The molecule has 2 N–H and O–H groups in total. The molecule has 10 heteroatoms. The Morgan fingerprint density at radius 1 is 1.29 bits per heavy atom. The van der Waals surface area contributed by atoms with Crippen LogP contribution in [0.15, 0.2) is 45.9 Å². The highest BCUT2D eigenvalue weighted by Crippen LogP contribution is 2.31. The molecule has 0 atom stereocenters. The van der Waals surface area contributed by atoms with Gasteiger partial charge in [0.1, 0.15) is 17.9 Å². The van der Waals surface area contributed by atoms with Crippen LogP contribution in [-0.2, 0) is 25.2 Å². The van der Waals surface area contributed by atoms with E-state index in [1.165, 1.54) is 35.1 Å². The number of carbonyl (C=O) groups excluding carboxylic acids is 1. The van der Waals surface area contributed by atoms with E-state index >= 15 is 0 Å². The van der Waals surface area contributed by atoms with E-state index in [9.17, 15) is 19.1 Å². The zero-order valence-corrected chi connectivity index (χ0v) is 17.1. The van der Waals surface area contributed by atoms with E-state index in [0.717, 1.165) is 0 Å². The molecule has 0 bridgehead atoms. The number of hydrogen-bond acceptors (Lipinski definition) is 7. The SMILES string of the molecule is CC1(C)c2nc(C(=O)NCc3ccc(F)cc3)c(O)c(=O)n2CCN1Cc1ncco1. The van der Waals surface area contributed by atoms with Gasteiger partial charge in [0.25, 0.3) is 11.5 Å². The van der Waals surface area contributed by atoms with Gasteiger partial charge in [0.2, 0.25) is 11.6 Å². The van der Waals surface area contributed by atoms with Gasteiger partial charge in [-0.1, -0.05) is 12.1 Å². The van der Waals surface area contributed by atoms with Crippen LogP contribution in [0.1, 0.15) is 41.6 Å². The lowest BCUT2D eigenvalue weighted by Crippen LogP contribution is -2.52. The number of oxazole rings is 1. The molecule has 31 heavy (non-hydrogen) atoms. The summed E-state index contributed by atoms with van der Waals surface area (Å²) < 4.78 is 19.8. The van der Waals surface area contributed by atoms with Crippen molar-refractivity contribution in [3.8, 4) is 5.75 Å². The van der Waals surface area contributed by atoms with E-state index in [-0.39, 0.29) is 18.1 Å². The molecule has 0 radical (unpaired) electrons. The molecule has 1 aliphatic rings. The summed E-state index contributed by atoms with van der Waals surface area (Å²) in [6.07, 6.45) is 3.05. The molecule has 1 aromatic carbocycles. The lowest BCUT2D eigenvalue weighted by molar-refractivity contribution is 0.0566. The van der Waals surface area contributed by atoms with E-state index < -0.39 is 22.8 Å². The van der Waals surface area contributed by atoms with Gasteiger partial charge in [-0.3, -0.25) is 19.1 Å². The highest BCUT2D eigenvalue weighted by molar-refractivity contribution is 5.94. The van der Waals surface area contributed by atoms with E-state index in [4.69, 9.17) is 4.42 Å². The van der Waals surface area contributed by atoms with Crippen LogP contribution in [0.25, 0.3) is 0 Å². The van der Waals surface area contributed by atoms with Gasteiger partial charge in [-0.2, -0.15) is 0 Å². The van der Waals surface area contributed by atoms with Crippen LogP contribution in [-0.4, -0.2) is 37.0 Å². The number of hydrogen-bond donors (Lipinski definition) is 2. The summed E-state index contributed by atoms with van der Waals surface area (Å²) >= 11 is 0. The molecule has 0 aliphatic carbocycles. The summed E-state index contributed by atoms with van der Waals surface area (Å²) in [5.74, 6) is -0.881. The average Bonchev–Trinajstić information content (AvgIpc) is 3.25. The average molecular weight is 427 g/mol. The predicted molar refractivity (Wildman–Crippen MR) is 108 cm³/mol. The number of halogens is 1. The van der Waals surface area contributed by atoms with Crippen LogP contribution in [0, 0.1) is 5.82 Å². The first kappa shape index (κ1) is 20.7. The normalized spacial score (nSPS) is 15.5. The Hall–Kier alpha value is -3.53. The third-order valence-corrected chi connectivity index (χ3v) is 5.47. The molecule has 0 fully saturated rings. The third kappa shape index (κ3) is 3.93. The number of fused-ring (bicyclic) bond motifs is 1. The Bertz CT molecular complexity index is 1160. The minimum atomic E-state index is -0.731. The molecule has 2 aromatic heterocycles. The topological polar surface area (TPSA) is 113 Å². The monoisotopic (exact) mass is 427 g/mol. The Morgan fingerprint density at radius 3 is 2.71 bits per heavy atom. The quantitative estimate of drug-likeness (QED) is 0.638. The zero-order chi connectivity index (χ0) is 22.2. The molecular formula is C21H22FN5O4. The Morgan fingerprint density at radius 2 is 2.03 bits per heavy atom. The fraction of sp³-hybridized carbons (Fsp3) is 0.333. The van der Waals surface area contributed by atoms with Crippen LogP contribution in [0.2, 0.25) is 0 Å². The van der Waals surface area contributed by atoms with Crippen LogP contribution >= 0.6 is 0 Å². The molecule has 1 aliphatic heterocycles. The molecule has 0 unspecified atom stereocenters. The van der Waals surface area contributed by atoms with Crippen molar-refractivity contribution >= 4 is 5.91 Å². The molecule has 1 amide bonds. The van der Waals surface area contributed by atoms with E-state index in [1.54, 1.807) is 6.20 Å². The van der Waals surface area contributed by atoms with Crippen LogP contribution in [0.5, 0.6) is 5.75 Å². The van der Waals surface area contributed by atoms with Crippen LogP contribution in [0.3, 0.4) is 0 Å². The molecule has 4 rings (SSSR count). The van der Waals surface area contributed by atoms with E-state index in [2.05, 4.69) is 15.3 Å². The summed E-state index contributed by atoms with van der Waals surface area (Å²) in [5.41, 5.74) is -1.07. The first-order chi connectivity index (χ1) is 14.8. The molecule has 9 nitrogen and oxygen atoms in total. The highest BCUT2D eigenvalue weighted by Gasteiger charge is 2.39. The number of nitrogens with one attached hydrogen (secondary N) is 1. The van der Waals surface area contributed by atoms with Crippen molar-refractivity contribution in [2.75, 3.05) is 6.54 Å². The van der Waals surface area contributed by atoms with Gasteiger partial charge in [-0.25, -0.2) is 14.4 Å². The number of carbonyl (C=O) groups is 1. The Kier molecular flexibility index (Phi) is 5.32. The maximum Gasteiger partial charge on any atom is 0.296 e. The first-order valence-corrected chi connectivity index (χ1v) is 9.77. The minimum absolute atomic E-state index is 0.0956. The van der Waals surface area contributed by atoms with Crippen LogP contribution in [0.4, 0.5) is 4.39 Å². The van der Waals surface area contributed by atoms with Gasteiger partial charge >= 0.3 is 0 Å². The largest absolute Gasteiger partial charge is 0.501 e. The van der Waals surface area contributed by atoms with Crippen LogP contribution < -0.4 is 10.9 Å². The van der Waals surface area contributed by atoms with Crippen molar-refractivity contribution in [1.29, 1.82) is 0 Å². The van der Waals surface area contributed by atoms with Gasteiger partial charge in [-0.05, 0) is 31.5 Å². The molecule has 0 saturated carbocycles. The molecule has 3 heterocycles. The highest BCUT2D eigenvalue weighted by atomic mass is 19.1. The maximum atomic E-state index is 13.1. The number of amides is 1. The van der Waals surface area contributed by atoms with Crippen molar-refractivity contribution in [3.05, 3.63) is 75.9 Å². The van der Waals surface area contributed by atoms with Gasteiger partial charge in [0.15, 0.2) is 5.69 Å². The number of aromatic nitrogens is 3. The number of aromatic hydroxyl groups is 1. The van der Waals surface area contributed by atoms with Crippen molar-refractivity contribution in [2.45, 2.75) is 39.0 Å². The predicted octanol–water partition coefficient (Wildman–Crippen LogP) is 1.76. The molecule has 3 aromatic rings. The van der Waals surface area contributed by atoms with Crippen molar-refractivity contribution < 1.29 is 18.7 Å². The summed E-state index contributed by atoms with van der Waals surface area (Å²) in [4.78, 5) is 36.0. The minimum Gasteiger partial charge on any atom is -0.501 e. The van der Waals surface area contributed by atoms with Gasteiger partial charge in [-0.15, -0.1) is 0 Å². The lowest BCUT2D eigenvalue weighted by Gasteiger charge is -2.42. The fourth-order valence-electron chi connectivity index (χ4n) is 3.66. The number of rotatable bonds is 5. The summed E-state index contributed by atoms with van der Waals surface area (Å²) in [6, 6.07) is 5.64.